The van der Waals surface area contributed by atoms with E-state index in [0.29, 0.717) is 24.5 Å². The van der Waals surface area contributed by atoms with E-state index < -0.39 is 0 Å². The average Bonchev–Trinajstić information content (AvgIpc) is 2.84. The second kappa shape index (κ2) is 3.66. The molecule has 2 unspecified atom stereocenters. The van der Waals surface area contributed by atoms with Crippen molar-refractivity contribution in [1.29, 1.82) is 0 Å². The molecule has 0 spiro atoms. The first kappa shape index (κ1) is 9.00. The van der Waals surface area contributed by atoms with Gasteiger partial charge < -0.3 is 9.64 Å². The molecule has 0 aromatic heterocycles. The van der Waals surface area contributed by atoms with Crippen molar-refractivity contribution in [1.82, 2.24) is 4.90 Å². The third-order valence-corrected chi connectivity index (χ3v) is 2.87. The molecular weight excluding hydrogens is 166 g/mol. The van der Waals surface area contributed by atoms with Gasteiger partial charge in [0.2, 0.25) is 5.91 Å². The van der Waals surface area contributed by atoms with Crippen molar-refractivity contribution in [2.24, 2.45) is 0 Å². The van der Waals surface area contributed by atoms with Gasteiger partial charge in [-0.05, 0) is 19.3 Å². The molecule has 13 heavy (non-hydrogen) atoms. The predicted octanol–water partition coefficient (Wildman–Crippen LogP) is 1.18. The summed E-state index contributed by atoms with van der Waals surface area (Å²) in [6, 6.07) is 0.402. The lowest BCUT2D eigenvalue weighted by Crippen LogP contribution is -2.38. The van der Waals surface area contributed by atoms with Crippen molar-refractivity contribution in [2.45, 2.75) is 44.8 Å². The van der Waals surface area contributed by atoms with Crippen molar-refractivity contribution in [2.75, 3.05) is 13.2 Å². The number of likely N-dealkylation sites (tertiary alicyclic amines) is 1. The highest BCUT2D eigenvalue weighted by atomic mass is 16.6. The molecule has 74 valence electrons. The van der Waals surface area contributed by atoms with Crippen molar-refractivity contribution in [3.63, 3.8) is 0 Å². The molecule has 2 aliphatic heterocycles. The van der Waals surface area contributed by atoms with Crippen LogP contribution in [0.3, 0.4) is 0 Å². The number of rotatable bonds is 3. The molecule has 0 aromatic carbocycles. The van der Waals surface area contributed by atoms with Gasteiger partial charge in [0.25, 0.3) is 0 Å². The van der Waals surface area contributed by atoms with Gasteiger partial charge in [-0.3, -0.25) is 4.79 Å². The summed E-state index contributed by atoms with van der Waals surface area (Å²) < 4.78 is 5.26. The standard InChI is InChI=1S/C10H17NO2/c1-2-4-10(12)11-6-3-5-8(11)9-7-13-9/h8-9H,2-7H2,1H3. The lowest BCUT2D eigenvalue weighted by molar-refractivity contribution is -0.132. The maximum absolute atomic E-state index is 11.7. The van der Waals surface area contributed by atoms with E-state index >= 15 is 0 Å². The number of ether oxygens (including phenoxy) is 1. The Hall–Kier alpha value is -0.570. The van der Waals surface area contributed by atoms with Gasteiger partial charge in [0.15, 0.2) is 0 Å². The summed E-state index contributed by atoms with van der Waals surface area (Å²) >= 11 is 0. The number of carbonyl (C=O) groups is 1. The number of hydrogen-bond donors (Lipinski definition) is 0. The van der Waals surface area contributed by atoms with Crippen LogP contribution >= 0.6 is 0 Å². The molecule has 1 amide bonds. The van der Waals surface area contributed by atoms with Crippen LogP contribution in [0.1, 0.15) is 32.6 Å². The van der Waals surface area contributed by atoms with Gasteiger partial charge in [-0.25, -0.2) is 0 Å². The van der Waals surface area contributed by atoms with Gasteiger partial charge in [-0.15, -0.1) is 0 Å². The Labute approximate surface area is 79.0 Å². The highest BCUT2D eigenvalue weighted by Gasteiger charge is 2.40. The van der Waals surface area contributed by atoms with Crippen LogP contribution in [0.5, 0.6) is 0 Å². The van der Waals surface area contributed by atoms with Crippen LogP contribution in [0.2, 0.25) is 0 Å². The molecule has 2 heterocycles. The fourth-order valence-electron chi connectivity index (χ4n) is 2.12. The predicted molar refractivity (Wildman–Crippen MR) is 49.4 cm³/mol. The highest BCUT2D eigenvalue weighted by Crippen LogP contribution is 2.28. The van der Waals surface area contributed by atoms with Crippen LogP contribution in [0.25, 0.3) is 0 Å². The molecular formula is C10H17NO2. The minimum atomic E-state index is 0.320. The van der Waals surface area contributed by atoms with Gasteiger partial charge in [0, 0.05) is 13.0 Å². The Balaban J connectivity index is 1.92. The number of hydrogen-bond acceptors (Lipinski definition) is 2. The van der Waals surface area contributed by atoms with E-state index in [4.69, 9.17) is 4.74 Å². The zero-order valence-electron chi connectivity index (χ0n) is 8.16. The molecule has 0 aromatic rings. The molecule has 0 N–H and O–H groups in total. The quantitative estimate of drug-likeness (QED) is 0.615. The Kier molecular flexibility index (Phi) is 2.54. The second-order valence-corrected chi connectivity index (χ2v) is 3.92. The van der Waals surface area contributed by atoms with Crippen molar-refractivity contribution in [3.05, 3.63) is 0 Å². The first-order chi connectivity index (χ1) is 6.33. The molecule has 2 fully saturated rings. The molecule has 2 rings (SSSR count). The van der Waals surface area contributed by atoms with Crippen LogP contribution in [0, 0.1) is 0 Å². The topological polar surface area (TPSA) is 32.8 Å². The SMILES string of the molecule is CCCC(=O)N1CCCC1C1CO1. The largest absolute Gasteiger partial charge is 0.371 e. The van der Waals surface area contributed by atoms with Crippen molar-refractivity contribution in [3.8, 4) is 0 Å². The Morgan fingerprint density at radius 3 is 3.00 bits per heavy atom. The van der Waals surface area contributed by atoms with Crippen LogP contribution < -0.4 is 0 Å². The van der Waals surface area contributed by atoms with Crippen LogP contribution in [0.4, 0.5) is 0 Å². The van der Waals surface area contributed by atoms with Gasteiger partial charge >= 0.3 is 0 Å². The number of carbonyl (C=O) groups excluding carboxylic acids is 1. The third kappa shape index (κ3) is 1.85. The summed E-state index contributed by atoms with van der Waals surface area (Å²) in [5.74, 6) is 0.320. The van der Waals surface area contributed by atoms with Crippen LogP contribution in [0.15, 0.2) is 0 Å². The molecule has 2 atom stereocenters. The monoisotopic (exact) mass is 183 g/mol. The summed E-state index contributed by atoms with van der Waals surface area (Å²) in [6.45, 7) is 3.86. The minimum absolute atomic E-state index is 0.320. The second-order valence-electron chi connectivity index (χ2n) is 3.92. The van der Waals surface area contributed by atoms with E-state index in [1.54, 1.807) is 0 Å². The highest BCUT2D eigenvalue weighted by molar-refractivity contribution is 5.76. The Morgan fingerprint density at radius 1 is 1.62 bits per heavy atom. The van der Waals surface area contributed by atoms with Crippen LogP contribution in [-0.4, -0.2) is 36.1 Å². The Morgan fingerprint density at radius 2 is 2.38 bits per heavy atom. The van der Waals surface area contributed by atoms with Crippen molar-refractivity contribution < 1.29 is 9.53 Å². The molecule has 3 nitrogen and oxygen atoms in total. The first-order valence-electron chi connectivity index (χ1n) is 5.24. The molecule has 0 saturated carbocycles. The average molecular weight is 183 g/mol. The third-order valence-electron chi connectivity index (χ3n) is 2.87. The first-order valence-corrected chi connectivity index (χ1v) is 5.24. The number of epoxide rings is 1. The van der Waals surface area contributed by atoms with E-state index in [-0.39, 0.29) is 0 Å². The normalized spacial score (nSPS) is 32.2. The molecule has 0 aliphatic carbocycles. The minimum Gasteiger partial charge on any atom is -0.371 e. The fraction of sp³-hybridized carbons (Fsp3) is 0.900. The summed E-state index contributed by atoms with van der Waals surface area (Å²) in [5, 5.41) is 0. The molecule has 3 heteroatoms. The van der Waals surface area contributed by atoms with Gasteiger partial charge in [0.1, 0.15) is 6.10 Å². The molecule has 2 saturated heterocycles. The lowest BCUT2D eigenvalue weighted by atomic mass is 10.1. The molecule has 0 radical (unpaired) electrons. The molecule has 0 bridgehead atoms. The van der Waals surface area contributed by atoms with E-state index in [0.717, 1.165) is 32.4 Å². The van der Waals surface area contributed by atoms with Gasteiger partial charge in [-0.2, -0.15) is 0 Å². The number of nitrogens with zero attached hydrogens (tertiary/aromatic N) is 1. The summed E-state index contributed by atoms with van der Waals surface area (Å²) in [5.41, 5.74) is 0. The smallest absolute Gasteiger partial charge is 0.222 e. The Bertz CT molecular complexity index is 201. The van der Waals surface area contributed by atoms with Gasteiger partial charge in [-0.1, -0.05) is 6.92 Å². The van der Waals surface area contributed by atoms with E-state index in [1.807, 2.05) is 4.90 Å². The summed E-state index contributed by atoms with van der Waals surface area (Å²) in [4.78, 5) is 13.7. The van der Waals surface area contributed by atoms with E-state index in [1.165, 1.54) is 0 Å². The summed E-state index contributed by atoms with van der Waals surface area (Å²) in [7, 11) is 0. The summed E-state index contributed by atoms with van der Waals surface area (Å²) in [6.07, 6.45) is 4.31. The lowest BCUT2D eigenvalue weighted by Gasteiger charge is -2.23. The van der Waals surface area contributed by atoms with E-state index in [9.17, 15) is 4.79 Å². The van der Waals surface area contributed by atoms with Crippen molar-refractivity contribution >= 4 is 5.91 Å². The maximum Gasteiger partial charge on any atom is 0.222 e. The number of amides is 1. The fourth-order valence-corrected chi connectivity index (χ4v) is 2.12. The van der Waals surface area contributed by atoms with E-state index in [2.05, 4.69) is 6.92 Å². The zero-order valence-corrected chi connectivity index (χ0v) is 8.16. The molecule has 2 aliphatic rings. The maximum atomic E-state index is 11.7. The zero-order chi connectivity index (χ0) is 9.26. The van der Waals surface area contributed by atoms with Gasteiger partial charge in [0.05, 0.1) is 12.6 Å². The van der Waals surface area contributed by atoms with Crippen LogP contribution in [-0.2, 0) is 9.53 Å².